The molecule has 1 aliphatic carbocycles. The van der Waals surface area contributed by atoms with E-state index in [4.69, 9.17) is 9.98 Å². The Morgan fingerprint density at radius 3 is 2.59 bits per heavy atom. The highest BCUT2D eigenvalue weighted by molar-refractivity contribution is 7.27. The van der Waals surface area contributed by atoms with E-state index in [0.29, 0.717) is 24.7 Å². The van der Waals surface area contributed by atoms with Gasteiger partial charge in [0.1, 0.15) is 5.82 Å². The van der Waals surface area contributed by atoms with Crippen LogP contribution in [0.25, 0.3) is 0 Å². The number of guanidine groups is 1. The van der Waals surface area contributed by atoms with Crippen LogP contribution in [-0.4, -0.2) is 45.4 Å². The highest BCUT2D eigenvalue weighted by Crippen LogP contribution is 2.40. The fraction of sp³-hybridized carbons (Fsp3) is 0.320. The predicted octanol–water partition coefficient (Wildman–Crippen LogP) is 3.21. The van der Waals surface area contributed by atoms with Gasteiger partial charge >= 0.3 is 0 Å². The van der Waals surface area contributed by atoms with E-state index in [1.54, 1.807) is 4.90 Å². The van der Waals surface area contributed by atoms with Crippen LogP contribution < -0.4 is 10.2 Å². The minimum atomic E-state index is -0.0232. The third-order valence-corrected chi connectivity index (χ3v) is 7.25. The second-order valence-electron chi connectivity index (χ2n) is 8.92. The van der Waals surface area contributed by atoms with Crippen molar-refractivity contribution in [2.45, 2.75) is 44.3 Å². The van der Waals surface area contributed by atoms with E-state index >= 15 is 0 Å². The number of benzene rings is 2. The predicted molar refractivity (Wildman–Crippen MR) is 130 cm³/mol. The molecule has 7 heteroatoms. The number of carbonyl (C=O) groups excluding carboxylic acids is 1. The van der Waals surface area contributed by atoms with Crippen molar-refractivity contribution >= 4 is 32.2 Å². The number of aliphatic imine (C=N–C) groups is 1. The zero-order valence-electron chi connectivity index (χ0n) is 18.1. The number of hydrogen-bond donors (Lipinski definition) is 0. The zero-order chi connectivity index (χ0) is 21.8. The van der Waals surface area contributed by atoms with Gasteiger partial charge in [0, 0.05) is 20.0 Å². The van der Waals surface area contributed by atoms with Gasteiger partial charge in [0.05, 0.1) is 12.1 Å². The lowest BCUT2D eigenvalue weighted by atomic mass is 10.1. The van der Waals surface area contributed by atoms with Crippen LogP contribution in [0, 0.1) is 0 Å². The Kier molecular flexibility index (Phi) is 4.65. The summed E-state index contributed by atoms with van der Waals surface area (Å²) in [6, 6.07) is 19.3. The van der Waals surface area contributed by atoms with Crippen molar-refractivity contribution in [3.8, 4) is 0 Å². The minimum absolute atomic E-state index is 0.0232. The molecule has 162 valence electrons. The normalized spacial score (nSPS) is 21.4. The molecule has 0 spiro atoms. The number of fused-ring (bicyclic) bond motifs is 5. The maximum atomic E-state index is 13.6. The molecule has 1 fully saturated rings. The Bertz CT molecular complexity index is 1220. The average molecular weight is 443 g/mol. The lowest BCUT2D eigenvalue weighted by molar-refractivity contribution is 0.0854. The van der Waals surface area contributed by atoms with Crippen LogP contribution in [-0.2, 0) is 13.0 Å². The first-order valence-corrected chi connectivity index (χ1v) is 11.8. The topological polar surface area (TPSA) is 53.7 Å². The maximum Gasteiger partial charge on any atom is 0.280 e. The van der Waals surface area contributed by atoms with Crippen LogP contribution >= 0.6 is 9.24 Å². The molecule has 3 aliphatic rings. The molecular weight excluding hydrogens is 417 g/mol. The lowest BCUT2D eigenvalue weighted by Crippen LogP contribution is -2.51. The fourth-order valence-corrected chi connectivity index (χ4v) is 5.43. The zero-order valence-corrected chi connectivity index (χ0v) is 19.3. The molecule has 2 unspecified atom stereocenters. The largest absolute Gasteiger partial charge is 0.317 e. The molecule has 0 radical (unpaired) electrons. The SMILES string of the molecule is CN1C(=O)c2c(nc(Cc3ccc(P)cc3)n2Cc2ccccc2)N2C1=N[C@@H]1CCCC12. The van der Waals surface area contributed by atoms with E-state index < -0.39 is 0 Å². The third kappa shape index (κ3) is 3.08. The van der Waals surface area contributed by atoms with Crippen molar-refractivity contribution in [2.75, 3.05) is 11.9 Å². The van der Waals surface area contributed by atoms with Crippen LogP contribution in [0.5, 0.6) is 0 Å². The molecular formula is C25H26N5OP. The minimum Gasteiger partial charge on any atom is -0.317 e. The first-order chi connectivity index (χ1) is 15.6. The number of hydrogen-bond acceptors (Lipinski definition) is 4. The van der Waals surface area contributed by atoms with Gasteiger partial charge in [0.2, 0.25) is 5.96 Å². The van der Waals surface area contributed by atoms with Gasteiger partial charge < -0.3 is 4.57 Å². The van der Waals surface area contributed by atoms with Crippen molar-refractivity contribution in [1.29, 1.82) is 0 Å². The van der Waals surface area contributed by atoms with E-state index in [1.807, 2.05) is 25.2 Å². The van der Waals surface area contributed by atoms with Gasteiger partial charge in [-0.1, -0.05) is 54.6 Å². The fourth-order valence-electron chi connectivity index (χ4n) is 5.23. The van der Waals surface area contributed by atoms with Gasteiger partial charge in [-0.05, 0) is 35.7 Å². The van der Waals surface area contributed by atoms with E-state index in [0.717, 1.165) is 41.3 Å². The van der Waals surface area contributed by atoms with Crippen molar-refractivity contribution in [3.63, 3.8) is 0 Å². The Morgan fingerprint density at radius 2 is 1.81 bits per heavy atom. The average Bonchev–Trinajstić information content (AvgIpc) is 3.48. The van der Waals surface area contributed by atoms with Crippen LogP contribution in [0.15, 0.2) is 59.6 Å². The van der Waals surface area contributed by atoms with Crippen LogP contribution in [0.3, 0.4) is 0 Å². The molecule has 6 rings (SSSR count). The summed E-state index contributed by atoms with van der Waals surface area (Å²) in [4.78, 5) is 27.5. The summed E-state index contributed by atoms with van der Waals surface area (Å²) in [6.07, 6.45) is 4.03. The van der Waals surface area contributed by atoms with Crippen LogP contribution in [0.4, 0.5) is 5.82 Å². The summed E-state index contributed by atoms with van der Waals surface area (Å²) in [5.74, 6) is 2.44. The number of nitrogens with zero attached hydrogens (tertiary/aromatic N) is 5. The molecule has 0 N–H and O–H groups in total. The number of anilines is 1. The van der Waals surface area contributed by atoms with Crippen molar-refractivity contribution < 1.29 is 4.79 Å². The van der Waals surface area contributed by atoms with Gasteiger partial charge in [-0.25, -0.2) is 9.98 Å². The molecule has 2 aromatic carbocycles. The Morgan fingerprint density at radius 1 is 1.03 bits per heavy atom. The molecule has 2 aliphatic heterocycles. The number of carbonyl (C=O) groups is 1. The maximum absolute atomic E-state index is 13.6. The second-order valence-corrected chi connectivity index (χ2v) is 9.59. The summed E-state index contributed by atoms with van der Waals surface area (Å²) in [5, 5.41) is 1.16. The van der Waals surface area contributed by atoms with Crippen molar-refractivity contribution in [3.05, 3.63) is 77.2 Å². The first-order valence-electron chi connectivity index (χ1n) is 11.2. The monoisotopic (exact) mass is 443 g/mol. The van der Waals surface area contributed by atoms with Crippen LogP contribution in [0.1, 0.15) is 46.7 Å². The van der Waals surface area contributed by atoms with Crippen LogP contribution in [0.2, 0.25) is 0 Å². The van der Waals surface area contributed by atoms with Crippen molar-refractivity contribution in [1.82, 2.24) is 14.5 Å². The van der Waals surface area contributed by atoms with E-state index in [9.17, 15) is 4.79 Å². The lowest BCUT2D eigenvalue weighted by Gasteiger charge is -2.34. The van der Waals surface area contributed by atoms with Gasteiger partial charge in [-0.2, -0.15) is 0 Å². The van der Waals surface area contributed by atoms with Gasteiger partial charge in [-0.3, -0.25) is 14.6 Å². The molecule has 3 atom stereocenters. The summed E-state index contributed by atoms with van der Waals surface area (Å²) >= 11 is 0. The summed E-state index contributed by atoms with van der Waals surface area (Å²) in [5.41, 5.74) is 3.02. The summed E-state index contributed by atoms with van der Waals surface area (Å²) in [6.45, 7) is 0.619. The number of rotatable bonds is 4. The summed E-state index contributed by atoms with van der Waals surface area (Å²) in [7, 11) is 4.57. The van der Waals surface area contributed by atoms with E-state index in [2.05, 4.69) is 55.1 Å². The van der Waals surface area contributed by atoms with Crippen molar-refractivity contribution in [2.24, 2.45) is 4.99 Å². The Hall–Kier alpha value is -2.98. The second kappa shape index (κ2) is 7.56. The Balaban J connectivity index is 1.49. The molecule has 1 amide bonds. The molecule has 1 aromatic heterocycles. The van der Waals surface area contributed by atoms with E-state index in [1.165, 1.54) is 12.0 Å². The van der Waals surface area contributed by atoms with Gasteiger partial charge in [0.15, 0.2) is 11.5 Å². The molecule has 32 heavy (non-hydrogen) atoms. The molecule has 1 saturated carbocycles. The Labute approximate surface area is 190 Å². The number of amides is 1. The first kappa shape index (κ1) is 19.7. The molecule has 3 heterocycles. The van der Waals surface area contributed by atoms with Gasteiger partial charge in [-0.15, -0.1) is 9.24 Å². The van der Waals surface area contributed by atoms with Gasteiger partial charge in [0.25, 0.3) is 5.91 Å². The highest BCUT2D eigenvalue weighted by atomic mass is 31.0. The smallest absolute Gasteiger partial charge is 0.280 e. The number of imidazole rings is 1. The highest BCUT2D eigenvalue weighted by Gasteiger charge is 2.49. The molecule has 6 nitrogen and oxygen atoms in total. The molecule has 0 saturated heterocycles. The molecule has 3 aromatic rings. The van der Waals surface area contributed by atoms with E-state index in [-0.39, 0.29) is 11.9 Å². The summed E-state index contributed by atoms with van der Waals surface area (Å²) < 4.78 is 2.12. The standard InChI is InChI=1S/C25H26N5OP/c1-28-24(31)22-23(30-20-9-5-8-19(20)26-25(28)30)27-21(14-16-10-12-18(32)13-11-16)29(22)15-17-6-3-2-4-7-17/h2-4,6-7,10-13,19-20H,5,8-9,14-15,32H2,1H3/t19-,20?/m1/s1. The quantitative estimate of drug-likeness (QED) is 0.582. The number of aromatic nitrogens is 2. The molecule has 0 bridgehead atoms. The third-order valence-electron chi connectivity index (χ3n) is 6.86.